The molecule has 7 nitrogen and oxygen atoms in total. The molecule has 1 N–H and O–H groups in total. The van der Waals surface area contributed by atoms with Crippen molar-refractivity contribution < 1.29 is 14.3 Å². The molecule has 0 saturated heterocycles. The van der Waals surface area contributed by atoms with Gasteiger partial charge in [0.25, 0.3) is 5.91 Å². The maximum Gasteiger partial charge on any atom is 0.337 e. The first-order valence-corrected chi connectivity index (χ1v) is 9.08. The molecule has 1 amide bonds. The van der Waals surface area contributed by atoms with Crippen LogP contribution in [0.1, 0.15) is 53.4 Å². The first-order valence-electron chi connectivity index (χ1n) is 9.08. The van der Waals surface area contributed by atoms with Gasteiger partial charge in [0.1, 0.15) is 17.3 Å². The van der Waals surface area contributed by atoms with Crippen LogP contribution in [-0.4, -0.2) is 42.0 Å². The Morgan fingerprint density at radius 3 is 2.26 bits per heavy atom. The largest absolute Gasteiger partial charge is 0.465 e. The summed E-state index contributed by atoms with van der Waals surface area (Å²) in [7, 11) is 1.33. The molecular weight excluding hydrogens is 344 g/mol. The molecule has 2 rings (SSSR count). The number of rotatable bonds is 8. The number of aryl methyl sites for hydroxylation is 1. The molecule has 0 fully saturated rings. The van der Waals surface area contributed by atoms with Crippen LogP contribution < -0.4 is 10.2 Å². The van der Waals surface area contributed by atoms with E-state index in [4.69, 9.17) is 0 Å². The molecule has 1 heterocycles. The number of esters is 1. The minimum atomic E-state index is -0.420. The maximum atomic E-state index is 12.6. The molecule has 0 aliphatic carbocycles. The SMILES string of the molecule is CCCN(CCC)c1cc(C(=O)Nc2ccc(C(=O)OC)cc2)nc(C)n1. The van der Waals surface area contributed by atoms with Gasteiger partial charge in [0.2, 0.25) is 0 Å². The van der Waals surface area contributed by atoms with Gasteiger partial charge in [-0.2, -0.15) is 0 Å². The van der Waals surface area contributed by atoms with Crippen LogP contribution in [0.3, 0.4) is 0 Å². The number of anilines is 2. The van der Waals surface area contributed by atoms with E-state index in [-0.39, 0.29) is 5.91 Å². The third-order valence-electron chi connectivity index (χ3n) is 3.93. The highest BCUT2D eigenvalue weighted by Gasteiger charge is 2.15. The number of amides is 1. The van der Waals surface area contributed by atoms with Crippen LogP contribution in [0.25, 0.3) is 0 Å². The molecule has 0 aliphatic rings. The molecule has 7 heteroatoms. The predicted molar refractivity (Wildman–Crippen MR) is 105 cm³/mol. The maximum absolute atomic E-state index is 12.6. The van der Waals surface area contributed by atoms with E-state index >= 15 is 0 Å². The van der Waals surface area contributed by atoms with Gasteiger partial charge >= 0.3 is 5.97 Å². The lowest BCUT2D eigenvalue weighted by molar-refractivity contribution is 0.0600. The van der Waals surface area contributed by atoms with E-state index in [0.29, 0.717) is 22.8 Å². The molecule has 0 spiro atoms. The summed E-state index contributed by atoms with van der Waals surface area (Å²) < 4.78 is 4.67. The van der Waals surface area contributed by atoms with Crippen molar-refractivity contribution in [1.29, 1.82) is 0 Å². The minimum absolute atomic E-state index is 0.312. The van der Waals surface area contributed by atoms with Crippen molar-refractivity contribution in [2.45, 2.75) is 33.6 Å². The van der Waals surface area contributed by atoms with E-state index in [1.807, 2.05) is 0 Å². The van der Waals surface area contributed by atoms with Crippen molar-refractivity contribution in [2.75, 3.05) is 30.4 Å². The number of ether oxygens (including phenoxy) is 1. The summed E-state index contributed by atoms with van der Waals surface area (Å²) >= 11 is 0. The summed E-state index contributed by atoms with van der Waals surface area (Å²) in [6.45, 7) is 7.76. The number of aromatic nitrogens is 2. The Labute approximate surface area is 159 Å². The van der Waals surface area contributed by atoms with Gasteiger partial charge in [-0.05, 0) is 44.0 Å². The second kappa shape index (κ2) is 9.66. The summed E-state index contributed by atoms with van der Waals surface area (Å²) in [4.78, 5) is 35.0. The number of carbonyl (C=O) groups excluding carboxylic acids is 2. The van der Waals surface area contributed by atoms with E-state index in [0.717, 1.165) is 31.7 Å². The van der Waals surface area contributed by atoms with Crippen molar-refractivity contribution >= 4 is 23.4 Å². The number of benzene rings is 1. The second-order valence-electron chi connectivity index (χ2n) is 6.17. The van der Waals surface area contributed by atoms with E-state index in [9.17, 15) is 9.59 Å². The van der Waals surface area contributed by atoms with Crippen LogP contribution in [0.5, 0.6) is 0 Å². The Kier molecular flexibility index (Phi) is 7.28. The lowest BCUT2D eigenvalue weighted by atomic mass is 10.2. The zero-order valence-electron chi connectivity index (χ0n) is 16.3. The van der Waals surface area contributed by atoms with Crippen LogP contribution >= 0.6 is 0 Å². The van der Waals surface area contributed by atoms with E-state index in [1.165, 1.54) is 7.11 Å². The number of hydrogen-bond donors (Lipinski definition) is 1. The fourth-order valence-corrected chi connectivity index (χ4v) is 2.71. The highest BCUT2D eigenvalue weighted by atomic mass is 16.5. The van der Waals surface area contributed by atoms with Gasteiger partial charge in [0, 0.05) is 24.8 Å². The van der Waals surface area contributed by atoms with Crippen LogP contribution in [0, 0.1) is 6.92 Å². The number of nitrogens with zero attached hydrogens (tertiary/aromatic N) is 3. The summed E-state index contributed by atoms with van der Waals surface area (Å²) in [6.07, 6.45) is 1.99. The number of methoxy groups -OCH3 is 1. The summed E-state index contributed by atoms with van der Waals surface area (Å²) in [6, 6.07) is 8.22. The molecule has 1 aromatic heterocycles. The van der Waals surface area contributed by atoms with Gasteiger partial charge in [-0.1, -0.05) is 13.8 Å². The molecule has 0 aliphatic heterocycles. The third kappa shape index (κ3) is 5.51. The molecule has 27 heavy (non-hydrogen) atoms. The highest BCUT2D eigenvalue weighted by molar-refractivity contribution is 6.03. The van der Waals surface area contributed by atoms with Crippen molar-refractivity contribution in [2.24, 2.45) is 0 Å². The summed E-state index contributed by atoms with van der Waals surface area (Å²) in [5, 5.41) is 2.80. The zero-order valence-corrected chi connectivity index (χ0v) is 16.3. The van der Waals surface area contributed by atoms with Crippen molar-refractivity contribution in [3.05, 3.63) is 47.4 Å². The Hall–Kier alpha value is -2.96. The number of nitrogens with one attached hydrogen (secondary N) is 1. The van der Waals surface area contributed by atoms with Crippen LogP contribution in [0.2, 0.25) is 0 Å². The molecule has 0 saturated carbocycles. The topological polar surface area (TPSA) is 84.4 Å². The summed E-state index contributed by atoms with van der Waals surface area (Å²) in [5.74, 6) is 0.574. The molecule has 0 atom stereocenters. The Bertz CT molecular complexity index is 784. The average molecular weight is 370 g/mol. The number of hydrogen-bond acceptors (Lipinski definition) is 6. The lowest BCUT2D eigenvalue weighted by Crippen LogP contribution is -2.27. The summed E-state index contributed by atoms with van der Waals surface area (Å²) in [5.41, 5.74) is 1.31. The highest BCUT2D eigenvalue weighted by Crippen LogP contribution is 2.16. The predicted octanol–water partition coefficient (Wildman–Crippen LogP) is 3.45. The number of carbonyl (C=O) groups is 2. The molecule has 0 unspecified atom stereocenters. The van der Waals surface area contributed by atoms with E-state index in [2.05, 4.69) is 38.8 Å². The van der Waals surface area contributed by atoms with Gasteiger partial charge < -0.3 is 15.0 Å². The van der Waals surface area contributed by atoms with Crippen LogP contribution in [0.4, 0.5) is 11.5 Å². The third-order valence-corrected chi connectivity index (χ3v) is 3.93. The minimum Gasteiger partial charge on any atom is -0.465 e. The van der Waals surface area contributed by atoms with Gasteiger partial charge in [0.15, 0.2) is 0 Å². The normalized spacial score (nSPS) is 10.4. The van der Waals surface area contributed by atoms with Crippen molar-refractivity contribution in [3.63, 3.8) is 0 Å². The molecule has 144 valence electrons. The van der Waals surface area contributed by atoms with Gasteiger partial charge in [-0.25, -0.2) is 14.8 Å². The van der Waals surface area contributed by atoms with Crippen LogP contribution in [-0.2, 0) is 4.74 Å². The first kappa shape index (κ1) is 20.4. The Balaban J connectivity index is 2.19. The Morgan fingerprint density at radius 2 is 1.70 bits per heavy atom. The lowest BCUT2D eigenvalue weighted by Gasteiger charge is -2.23. The fourth-order valence-electron chi connectivity index (χ4n) is 2.71. The zero-order chi connectivity index (χ0) is 19.8. The smallest absolute Gasteiger partial charge is 0.337 e. The van der Waals surface area contributed by atoms with Crippen molar-refractivity contribution in [3.8, 4) is 0 Å². The van der Waals surface area contributed by atoms with E-state index in [1.54, 1.807) is 37.3 Å². The van der Waals surface area contributed by atoms with E-state index < -0.39 is 5.97 Å². The molecule has 1 aromatic carbocycles. The first-order chi connectivity index (χ1) is 13.0. The molecule has 0 bridgehead atoms. The average Bonchev–Trinajstić information content (AvgIpc) is 2.67. The molecule has 2 aromatic rings. The van der Waals surface area contributed by atoms with Crippen molar-refractivity contribution in [1.82, 2.24) is 9.97 Å². The monoisotopic (exact) mass is 370 g/mol. The van der Waals surface area contributed by atoms with Crippen LogP contribution in [0.15, 0.2) is 30.3 Å². The van der Waals surface area contributed by atoms with Gasteiger partial charge in [0.05, 0.1) is 12.7 Å². The second-order valence-corrected chi connectivity index (χ2v) is 6.17. The Morgan fingerprint density at radius 1 is 1.07 bits per heavy atom. The fraction of sp³-hybridized carbons (Fsp3) is 0.400. The van der Waals surface area contributed by atoms with Gasteiger partial charge in [-0.15, -0.1) is 0 Å². The van der Waals surface area contributed by atoms with Gasteiger partial charge in [-0.3, -0.25) is 4.79 Å². The standard InChI is InChI=1S/C20H26N4O3/c1-5-11-24(12-6-2)18-13-17(21-14(3)22-18)19(25)23-16-9-7-15(8-10-16)20(26)27-4/h7-10,13H,5-6,11-12H2,1-4H3,(H,23,25). The molecular formula is C20H26N4O3. The quantitative estimate of drug-likeness (QED) is 0.717. The molecule has 0 radical (unpaired) electrons.